The Morgan fingerprint density at radius 2 is 1.92 bits per heavy atom. The van der Waals surface area contributed by atoms with Crippen LogP contribution in [0.1, 0.15) is 17.5 Å². The molecular formula is C20H18O6. The van der Waals surface area contributed by atoms with Gasteiger partial charge in [0.1, 0.15) is 23.3 Å². The zero-order chi connectivity index (χ0) is 18.7. The van der Waals surface area contributed by atoms with Gasteiger partial charge in [0.05, 0.1) is 18.4 Å². The first-order chi connectivity index (χ1) is 12.4. The number of hydrogen-bond donors (Lipinski definition) is 1. The maximum Gasteiger partial charge on any atom is 0.306 e. The molecule has 0 aliphatic carbocycles. The molecule has 6 heteroatoms. The highest BCUT2D eigenvalue weighted by Gasteiger charge is 2.12. The van der Waals surface area contributed by atoms with E-state index in [4.69, 9.17) is 19.0 Å². The van der Waals surface area contributed by atoms with Crippen molar-refractivity contribution >= 4 is 16.9 Å². The lowest BCUT2D eigenvalue weighted by Gasteiger charge is -2.10. The summed E-state index contributed by atoms with van der Waals surface area (Å²) in [5.74, 6) is 0.201. The summed E-state index contributed by atoms with van der Waals surface area (Å²) < 4.78 is 16.6. The van der Waals surface area contributed by atoms with Crippen LogP contribution in [0.4, 0.5) is 0 Å². The predicted octanol–water partition coefficient (Wildman–Crippen LogP) is 4.06. The Labute approximate surface area is 149 Å². The van der Waals surface area contributed by atoms with Crippen LogP contribution < -0.4 is 14.9 Å². The van der Waals surface area contributed by atoms with Gasteiger partial charge in [-0.25, -0.2) is 0 Å². The summed E-state index contributed by atoms with van der Waals surface area (Å²) in [5, 5.41) is 8.99. The van der Waals surface area contributed by atoms with Gasteiger partial charge in [-0.05, 0) is 43.2 Å². The number of aryl methyl sites for hydroxylation is 2. The van der Waals surface area contributed by atoms with Gasteiger partial charge in [0.2, 0.25) is 11.2 Å². The topological polar surface area (TPSA) is 86.0 Å². The van der Waals surface area contributed by atoms with Gasteiger partial charge in [0, 0.05) is 6.07 Å². The predicted molar refractivity (Wildman–Crippen MR) is 96.2 cm³/mol. The van der Waals surface area contributed by atoms with Gasteiger partial charge >= 0.3 is 5.97 Å². The summed E-state index contributed by atoms with van der Waals surface area (Å²) in [6.45, 7) is 3.89. The number of rotatable bonds is 6. The molecule has 26 heavy (non-hydrogen) atoms. The lowest BCUT2D eigenvalue weighted by molar-refractivity contribution is -0.137. The van der Waals surface area contributed by atoms with Crippen molar-refractivity contribution in [2.45, 2.75) is 20.3 Å². The molecule has 1 aromatic heterocycles. The Balaban J connectivity index is 1.87. The summed E-state index contributed by atoms with van der Waals surface area (Å²) in [7, 11) is 0. The van der Waals surface area contributed by atoms with Crippen LogP contribution in [0.5, 0.6) is 17.2 Å². The Bertz CT molecular complexity index is 1020. The molecule has 0 aliphatic rings. The quantitative estimate of drug-likeness (QED) is 0.718. The molecule has 3 aromatic rings. The third-order valence-corrected chi connectivity index (χ3v) is 3.86. The first-order valence-electron chi connectivity index (χ1n) is 8.09. The van der Waals surface area contributed by atoms with Gasteiger partial charge < -0.3 is 19.0 Å². The van der Waals surface area contributed by atoms with Crippen molar-refractivity contribution in [2.75, 3.05) is 6.61 Å². The van der Waals surface area contributed by atoms with Crippen LogP contribution in [0, 0.1) is 13.8 Å². The molecule has 1 heterocycles. The van der Waals surface area contributed by atoms with E-state index in [0.717, 1.165) is 11.1 Å². The maximum atomic E-state index is 12.6. The molecule has 0 bridgehead atoms. The summed E-state index contributed by atoms with van der Waals surface area (Å²) in [6, 6.07) is 10.5. The zero-order valence-electron chi connectivity index (χ0n) is 14.4. The first kappa shape index (κ1) is 17.5. The average molecular weight is 354 g/mol. The Morgan fingerprint density at radius 1 is 1.12 bits per heavy atom. The van der Waals surface area contributed by atoms with Crippen LogP contribution in [0.15, 0.2) is 51.9 Å². The normalized spacial score (nSPS) is 10.7. The first-order valence-corrected chi connectivity index (χ1v) is 8.09. The molecule has 134 valence electrons. The summed E-state index contributed by atoms with van der Waals surface area (Å²) in [6.07, 6.45) is 1.16. The second kappa shape index (κ2) is 7.31. The van der Waals surface area contributed by atoms with Crippen molar-refractivity contribution in [3.63, 3.8) is 0 Å². The molecule has 0 radical (unpaired) electrons. The fourth-order valence-corrected chi connectivity index (χ4v) is 2.44. The number of aliphatic carboxylic acids is 1. The number of carbonyl (C=O) groups is 1. The van der Waals surface area contributed by atoms with Gasteiger partial charge in [-0.2, -0.15) is 0 Å². The van der Waals surface area contributed by atoms with E-state index in [9.17, 15) is 9.59 Å². The highest BCUT2D eigenvalue weighted by Crippen LogP contribution is 2.26. The molecule has 2 aromatic carbocycles. The summed E-state index contributed by atoms with van der Waals surface area (Å²) >= 11 is 0. The lowest BCUT2D eigenvalue weighted by Crippen LogP contribution is -2.07. The minimum atomic E-state index is -0.939. The number of fused-ring (bicyclic) bond motifs is 1. The highest BCUT2D eigenvalue weighted by atomic mass is 16.5. The van der Waals surface area contributed by atoms with Gasteiger partial charge in [0.25, 0.3) is 0 Å². The van der Waals surface area contributed by atoms with Gasteiger partial charge in [-0.3, -0.25) is 9.59 Å². The van der Waals surface area contributed by atoms with Crippen LogP contribution in [0.3, 0.4) is 0 Å². The van der Waals surface area contributed by atoms with Crippen molar-refractivity contribution < 1.29 is 23.8 Å². The number of benzene rings is 2. The second-order valence-corrected chi connectivity index (χ2v) is 5.95. The summed E-state index contributed by atoms with van der Waals surface area (Å²) in [4.78, 5) is 23.2. The molecule has 0 unspecified atom stereocenters. The Hall–Kier alpha value is -3.28. The van der Waals surface area contributed by atoms with Crippen LogP contribution in [0.25, 0.3) is 11.0 Å². The van der Waals surface area contributed by atoms with Gasteiger partial charge in [-0.1, -0.05) is 12.1 Å². The molecule has 0 saturated heterocycles. The smallest absolute Gasteiger partial charge is 0.306 e. The van der Waals surface area contributed by atoms with Crippen LogP contribution >= 0.6 is 0 Å². The molecule has 3 rings (SSSR count). The highest BCUT2D eigenvalue weighted by molar-refractivity contribution is 5.79. The van der Waals surface area contributed by atoms with Crippen molar-refractivity contribution in [3.8, 4) is 17.2 Å². The van der Waals surface area contributed by atoms with E-state index in [1.165, 1.54) is 6.26 Å². The molecule has 0 atom stereocenters. The molecule has 0 aliphatic heterocycles. The Morgan fingerprint density at radius 3 is 2.69 bits per heavy atom. The number of hydrogen-bond acceptors (Lipinski definition) is 5. The number of carboxylic acids is 1. The monoisotopic (exact) mass is 354 g/mol. The molecule has 1 N–H and O–H groups in total. The molecule has 6 nitrogen and oxygen atoms in total. The Kier molecular flexibility index (Phi) is 4.93. The van der Waals surface area contributed by atoms with E-state index in [1.54, 1.807) is 18.2 Å². The number of ether oxygens (including phenoxy) is 2. The molecule has 0 saturated carbocycles. The summed E-state index contributed by atoms with van der Waals surface area (Å²) in [5.41, 5.74) is 2.00. The van der Waals surface area contributed by atoms with E-state index in [1.807, 2.05) is 32.0 Å². The van der Waals surface area contributed by atoms with E-state index < -0.39 is 5.97 Å². The van der Waals surface area contributed by atoms with Crippen molar-refractivity contribution in [2.24, 2.45) is 0 Å². The lowest BCUT2D eigenvalue weighted by atomic mass is 10.1. The fourth-order valence-electron chi connectivity index (χ4n) is 2.44. The van der Waals surface area contributed by atoms with E-state index >= 15 is 0 Å². The average Bonchev–Trinajstić information content (AvgIpc) is 2.60. The molecular weight excluding hydrogens is 336 g/mol. The second-order valence-electron chi connectivity index (χ2n) is 5.95. The molecule has 0 spiro atoms. The molecule has 0 fully saturated rings. The third-order valence-electron chi connectivity index (χ3n) is 3.86. The van der Waals surface area contributed by atoms with Crippen LogP contribution in [-0.4, -0.2) is 17.7 Å². The fraction of sp³-hybridized carbons (Fsp3) is 0.200. The van der Waals surface area contributed by atoms with Crippen molar-refractivity contribution in [3.05, 3.63) is 64.0 Å². The van der Waals surface area contributed by atoms with E-state index in [2.05, 4.69) is 0 Å². The van der Waals surface area contributed by atoms with Gasteiger partial charge in [0.15, 0.2) is 0 Å². The van der Waals surface area contributed by atoms with Gasteiger partial charge in [-0.15, -0.1) is 0 Å². The van der Waals surface area contributed by atoms with E-state index in [0.29, 0.717) is 22.5 Å². The SMILES string of the molecule is Cc1ccc(C)c(Oc2coc3cc(OCCC(=O)O)ccc3c2=O)c1. The standard InChI is InChI=1S/C20H18O6/c1-12-3-4-13(2)16(9-12)26-18-11-25-17-10-14(24-8-7-19(21)22)5-6-15(17)20(18)23/h3-6,9-11H,7-8H2,1-2H3,(H,21,22). The third kappa shape index (κ3) is 3.85. The minimum Gasteiger partial charge on any atom is -0.493 e. The zero-order valence-corrected chi connectivity index (χ0v) is 14.4. The van der Waals surface area contributed by atoms with Crippen LogP contribution in [0.2, 0.25) is 0 Å². The largest absolute Gasteiger partial charge is 0.493 e. The maximum absolute atomic E-state index is 12.6. The number of carboxylic acid groups (broad SMARTS) is 1. The van der Waals surface area contributed by atoms with Crippen molar-refractivity contribution in [1.29, 1.82) is 0 Å². The van der Waals surface area contributed by atoms with E-state index in [-0.39, 0.29) is 24.2 Å². The molecule has 0 amide bonds. The minimum absolute atomic E-state index is 0.0406. The van der Waals surface area contributed by atoms with Crippen molar-refractivity contribution in [1.82, 2.24) is 0 Å². The van der Waals surface area contributed by atoms with Crippen LogP contribution in [-0.2, 0) is 4.79 Å².